The van der Waals surface area contributed by atoms with Crippen LogP contribution in [0.2, 0.25) is 0 Å². The van der Waals surface area contributed by atoms with Crippen LogP contribution in [0.4, 0.5) is 0 Å². The van der Waals surface area contributed by atoms with E-state index in [4.69, 9.17) is 4.74 Å². The molecule has 0 N–H and O–H groups in total. The Morgan fingerprint density at radius 1 is 1.11 bits per heavy atom. The Balaban J connectivity index is 1.89. The minimum atomic E-state index is 0.696. The first-order chi connectivity index (χ1) is 9.35. The lowest BCUT2D eigenvalue weighted by molar-refractivity contribution is 0.341. The van der Waals surface area contributed by atoms with Crippen molar-refractivity contribution in [1.29, 1.82) is 0 Å². The van der Waals surface area contributed by atoms with Gasteiger partial charge in [-0.15, -0.1) is 11.3 Å². The Labute approximate surface area is 116 Å². The zero-order valence-corrected chi connectivity index (χ0v) is 11.6. The summed E-state index contributed by atoms with van der Waals surface area (Å²) in [6, 6.07) is 16.5. The zero-order chi connectivity index (χ0) is 13.1. The zero-order valence-electron chi connectivity index (χ0n) is 10.8. The molecule has 0 radical (unpaired) electrons. The number of aromatic nitrogens is 1. The molecule has 3 heteroatoms. The maximum absolute atomic E-state index is 5.52. The number of ether oxygens (including phenoxy) is 1. The summed E-state index contributed by atoms with van der Waals surface area (Å²) < 4.78 is 6.71. The maximum atomic E-state index is 5.52. The SMILES string of the molecule is CCOc1ccc2nc(Cc3ccccc3)sc2c1. The van der Waals surface area contributed by atoms with Crippen molar-refractivity contribution >= 4 is 21.6 Å². The minimum Gasteiger partial charge on any atom is -0.494 e. The molecule has 2 aromatic carbocycles. The van der Waals surface area contributed by atoms with Gasteiger partial charge in [-0.2, -0.15) is 0 Å². The van der Waals surface area contributed by atoms with Crippen molar-refractivity contribution in [3.8, 4) is 5.75 Å². The number of benzene rings is 2. The van der Waals surface area contributed by atoms with Gasteiger partial charge < -0.3 is 4.74 Å². The quantitative estimate of drug-likeness (QED) is 0.705. The summed E-state index contributed by atoms with van der Waals surface area (Å²) in [4.78, 5) is 4.67. The number of thiazole rings is 1. The third kappa shape index (κ3) is 2.76. The molecule has 0 atom stereocenters. The summed E-state index contributed by atoms with van der Waals surface area (Å²) in [6.07, 6.45) is 0.893. The molecule has 1 heterocycles. The first-order valence-corrected chi connectivity index (χ1v) is 7.23. The fourth-order valence-corrected chi connectivity index (χ4v) is 3.09. The molecule has 0 saturated heterocycles. The van der Waals surface area contributed by atoms with E-state index in [9.17, 15) is 0 Å². The van der Waals surface area contributed by atoms with Crippen molar-refractivity contribution < 1.29 is 4.74 Å². The van der Waals surface area contributed by atoms with Gasteiger partial charge in [-0.3, -0.25) is 0 Å². The Morgan fingerprint density at radius 3 is 2.74 bits per heavy atom. The second-order valence-corrected chi connectivity index (χ2v) is 5.45. The fourth-order valence-electron chi connectivity index (χ4n) is 2.06. The first-order valence-electron chi connectivity index (χ1n) is 6.41. The van der Waals surface area contributed by atoms with Crippen LogP contribution in [0.1, 0.15) is 17.5 Å². The largest absolute Gasteiger partial charge is 0.494 e. The number of fused-ring (bicyclic) bond motifs is 1. The number of hydrogen-bond acceptors (Lipinski definition) is 3. The van der Waals surface area contributed by atoms with Crippen molar-refractivity contribution in [2.75, 3.05) is 6.61 Å². The van der Waals surface area contributed by atoms with Gasteiger partial charge in [0.25, 0.3) is 0 Å². The predicted molar refractivity (Wildman–Crippen MR) is 80.0 cm³/mol. The highest BCUT2D eigenvalue weighted by atomic mass is 32.1. The van der Waals surface area contributed by atoms with E-state index in [-0.39, 0.29) is 0 Å². The van der Waals surface area contributed by atoms with Crippen LogP contribution >= 0.6 is 11.3 Å². The maximum Gasteiger partial charge on any atom is 0.120 e. The van der Waals surface area contributed by atoms with Crippen molar-refractivity contribution in [2.45, 2.75) is 13.3 Å². The van der Waals surface area contributed by atoms with Gasteiger partial charge in [0.2, 0.25) is 0 Å². The summed E-state index contributed by atoms with van der Waals surface area (Å²) in [6.45, 7) is 2.69. The van der Waals surface area contributed by atoms with Gasteiger partial charge in [0.15, 0.2) is 0 Å². The third-order valence-electron chi connectivity index (χ3n) is 2.91. The van der Waals surface area contributed by atoms with Crippen molar-refractivity contribution in [3.63, 3.8) is 0 Å². The molecule has 0 spiro atoms. The third-order valence-corrected chi connectivity index (χ3v) is 3.93. The van der Waals surface area contributed by atoms with Crippen LogP contribution in [0.5, 0.6) is 5.75 Å². The Hall–Kier alpha value is -1.87. The summed E-state index contributed by atoms with van der Waals surface area (Å²) in [5.74, 6) is 0.921. The van der Waals surface area contributed by atoms with E-state index in [0.29, 0.717) is 6.61 Å². The van der Waals surface area contributed by atoms with E-state index >= 15 is 0 Å². The van der Waals surface area contributed by atoms with Crippen LogP contribution in [0.3, 0.4) is 0 Å². The van der Waals surface area contributed by atoms with Crippen molar-refractivity contribution in [1.82, 2.24) is 4.98 Å². The molecule has 0 aliphatic carbocycles. The molecule has 0 fully saturated rings. The van der Waals surface area contributed by atoms with Crippen molar-refractivity contribution in [2.24, 2.45) is 0 Å². The molecule has 0 aliphatic rings. The van der Waals surface area contributed by atoms with Gasteiger partial charge in [-0.05, 0) is 30.7 Å². The molecule has 0 aliphatic heterocycles. The van der Waals surface area contributed by atoms with Gasteiger partial charge in [-0.1, -0.05) is 30.3 Å². The molecule has 3 rings (SSSR count). The standard InChI is InChI=1S/C16H15NOS/c1-2-18-13-8-9-14-15(11-13)19-16(17-14)10-12-6-4-3-5-7-12/h3-9,11H,2,10H2,1H3. The molecular formula is C16H15NOS. The second kappa shape index (κ2) is 5.41. The average Bonchev–Trinajstić information content (AvgIpc) is 2.82. The lowest BCUT2D eigenvalue weighted by Crippen LogP contribution is -1.90. The van der Waals surface area contributed by atoms with Gasteiger partial charge in [0.05, 0.1) is 21.8 Å². The van der Waals surface area contributed by atoms with Crippen LogP contribution in [0.15, 0.2) is 48.5 Å². The van der Waals surface area contributed by atoms with Crippen molar-refractivity contribution in [3.05, 3.63) is 59.1 Å². The van der Waals surface area contributed by atoms with E-state index in [1.807, 2.05) is 25.1 Å². The summed E-state index contributed by atoms with van der Waals surface area (Å²) >= 11 is 1.74. The first kappa shape index (κ1) is 12.2. The lowest BCUT2D eigenvalue weighted by atomic mass is 10.2. The summed E-state index contributed by atoms with van der Waals surface area (Å²) in [7, 11) is 0. The molecular weight excluding hydrogens is 254 g/mol. The summed E-state index contributed by atoms with van der Waals surface area (Å²) in [5, 5.41) is 1.15. The highest BCUT2D eigenvalue weighted by Crippen LogP contribution is 2.27. The lowest BCUT2D eigenvalue weighted by Gasteiger charge is -2.00. The molecule has 0 bridgehead atoms. The molecule has 0 unspecified atom stereocenters. The molecule has 0 amide bonds. The van der Waals surface area contributed by atoms with Gasteiger partial charge >= 0.3 is 0 Å². The number of nitrogens with zero attached hydrogens (tertiary/aromatic N) is 1. The molecule has 2 nitrogen and oxygen atoms in total. The van der Waals surface area contributed by atoms with Gasteiger partial charge in [-0.25, -0.2) is 4.98 Å². The van der Waals surface area contributed by atoms with Crippen LogP contribution < -0.4 is 4.74 Å². The van der Waals surface area contributed by atoms with Crippen LogP contribution in [-0.4, -0.2) is 11.6 Å². The monoisotopic (exact) mass is 269 g/mol. The highest BCUT2D eigenvalue weighted by Gasteiger charge is 2.06. The Kier molecular flexibility index (Phi) is 3.47. The van der Waals surface area contributed by atoms with Crippen LogP contribution in [0, 0.1) is 0 Å². The number of hydrogen-bond donors (Lipinski definition) is 0. The van der Waals surface area contributed by atoms with Crippen LogP contribution in [0.25, 0.3) is 10.2 Å². The fraction of sp³-hybridized carbons (Fsp3) is 0.188. The molecule has 1 aromatic heterocycles. The van der Waals surface area contributed by atoms with E-state index in [2.05, 4.69) is 35.3 Å². The van der Waals surface area contributed by atoms with E-state index in [0.717, 1.165) is 22.7 Å². The normalized spacial score (nSPS) is 10.8. The smallest absolute Gasteiger partial charge is 0.120 e. The predicted octanol–water partition coefficient (Wildman–Crippen LogP) is 4.29. The van der Waals surface area contributed by atoms with Crippen LogP contribution in [-0.2, 0) is 6.42 Å². The highest BCUT2D eigenvalue weighted by molar-refractivity contribution is 7.18. The minimum absolute atomic E-state index is 0.696. The van der Waals surface area contributed by atoms with E-state index in [1.165, 1.54) is 10.3 Å². The second-order valence-electron chi connectivity index (χ2n) is 4.33. The summed E-state index contributed by atoms with van der Waals surface area (Å²) in [5.41, 5.74) is 2.35. The molecule has 3 aromatic rings. The van der Waals surface area contributed by atoms with Gasteiger partial charge in [0.1, 0.15) is 5.75 Å². The Bertz CT molecular complexity index is 676. The molecule has 96 valence electrons. The average molecular weight is 269 g/mol. The van der Waals surface area contributed by atoms with Gasteiger partial charge in [0, 0.05) is 6.42 Å². The topological polar surface area (TPSA) is 22.1 Å². The Morgan fingerprint density at radius 2 is 1.95 bits per heavy atom. The molecule has 0 saturated carbocycles. The van der Waals surface area contributed by atoms with E-state index < -0.39 is 0 Å². The van der Waals surface area contributed by atoms with E-state index in [1.54, 1.807) is 11.3 Å². The molecule has 19 heavy (non-hydrogen) atoms. The number of rotatable bonds is 4.